The number of nitrogens with zero attached hydrogens (tertiary/aromatic N) is 2. The Hall–Kier alpha value is -2.08. The number of hydrogen-bond acceptors (Lipinski definition) is 6. The van der Waals surface area contributed by atoms with Crippen molar-refractivity contribution in [2.24, 2.45) is 0 Å². The predicted octanol–water partition coefficient (Wildman–Crippen LogP) is 2.24. The third-order valence-corrected chi connectivity index (χ3v) is 3.79. The Labute approximate surface area is 123 Å². The number of anilines is 1. The molecular weight excluding hydrogens is 270 g/mol. The summed E-state index contributed by atoms with van der Waals surface area (Å²) in [6.45, 7) is 3.57. The van der Waals surface area contributed by atoms with E-state index < -0.39 is 0 Å². The fourth-order valence-corrected chi connectivity index (χ4v) is 2.59. The summed E-state index contributed by atoms with van der Waals surface area (Å²) in [5.74, 6) is 2.06. The number of rotatable bonds is 4. The number of fused-ring (bicyclic) bond motifs is 1. The van der Waals surface area contributed by atoms with Crippen molar-refractivity contribution in [2.75, 3.05) is 32.8 Å². The van der Waals surface area contributed by atoms with E-state index in [9.17, 15) is 0 Å². The van der Waals surface area contributed by atoms with Crippen LogP contribution in [0.4, 0.5) is 5.82 Å². The number of nitrogens with one attached hydrogen (secondary N) is 1. The number of benzene rings is 1. The van der Waals surface area contributed by atoms with E-state index in [1.807, 2.05) is 12.1 Å². The van der Waals surface area contributed by atoms with Crippen LogP contribution in [-0.4, -0.2) is 42.9 Å². The predicted molar refractivity (Wildman–Crippen MR) is 80.1 cm³/mol. The van der Waals surface area contributed by atoms with Crippen molar-refractivity contribution in [1.29, 1.82) is 0 Å². The highest BCUT2D eigenvalue weighted by atomic mass is 16.5. The van der Waals surface area contributed by atoms with Gasteiger partial charge in [-0.2, -0.15) is 0 Å². The summed E-state index contributed by atoms with van der Waals surface area (Å²) in [5, 5.41) is 4.38. The lowest BCUT2D eigenvalue weighted by molar-refractivity contribution is 0.185. The summed E-state index contributed by atoms with van der Waals surface area (Å²) in [6.07, 6.45) is 2.48. The average Bonchev–Trinajstić information content (AvgIpc) is 2.92. The van der Waals surface area contributed by atoms with Gasteiger partial charge in [-0.1, -0.05) is 0 Å². The third kappa shape index (κ3) is 2.47. The van der Waals surface area contributed by atoms with Gasteiger partial charge in [0.1, 0.15) is 17.7 Å². The second kappa shape index (κ2) is 5.37. The van der Waals surface area contributed by atoms with Crippen LogP contribution in [0.2, 0.25) is 0 Å². The van der Waals surface area contributed by atoms with E-state index in [-0.39, 0.29) is 5.54 Å². The van der Waals surface area contributed by atoms with E-state index in [2.05, 4.69) is 22.2 Å². The maximum atomic E-state index is 5.48. The topological polar surface area (TPSA) is 65.5 Å². The summed E-state index contributed by atoms with van der Waals surface area (Å²) in [4.78, 5) is 8.70. The molecule has 0 amide bonds. The summed E-state index contributed by atoms with van der Waals surface area (Å²) in [7, 11) is 3.22. The summed E-state index contributed by atoms with van der Waals surface area (Å²) in [6, 6.07) is 3.81. The van der Waals surface area contributed by atoms with Crippen molar-refractivity contribution in [2.45, 2.75) is 18.9 Å². The lowest BCUT2D eigenvalue weighted by Crippen LogP contribution is -2.35. The van der Waals surface area contributed by atoms with Crippen LogP contribution in [0.5, 0.6) is 11.5 Å². The molecule has 0 spiro atoms. The molecule has 0 aliphatic carbocycles. The van der Waals surface area contributed by atoms with Gasteiger partial charge in [0.05, 0.1) is 26.4 Å². The molecule has 1 aliphatic heterocycles. The van der Waals surface area contributed by atoms with Gasteiger partial charge in [-0.3, -0.25) is 0 Å². The molecule has 1 saturated heterocycles. The van der Waals surface area contributed by atoms with Crippen LogP contribution < -0.4 is 14.8 Å². The van der Waals surface area contributed by atoms with Gasteiger partial charge in [0, 0.05) is 12.0 Å². The molecule has 21 heavy (non-hydrogen) atoms. The van der Waals surface area contributed by atoms with Crippen LogP contribution >= 0.6 is 0 Å². The van der Waals surface area contributed by atoms with Crippen LogP contribution in [0.25, 0.3) is 10.9 Å². The molecule has 2 heterocycles. The number of hydrogen-bond donors (Lipinski definition) is 1. The van der Waals surface area contributed by atoms with Gasteiger partial charge in [0.15, 0.2) is 11.5 Å². The minimum atomic E-state index is -0.103. The molecule has 1 atom stereocenters. The summed E-state index contributed by atoms with van der Waals surface area (Å²) < 4.78 is 16.2. The highest BCUT2D eigenvalue weighted by molar-refractivity contribution is 5.94. The highest BCUT2D eigenvalue weighted by Gasteiger charge is 2.30. The maximum Gasteiger partial charge on any atom is 0.187 e. The molecule has 0 bridgehead atoms. The van der Waals surface area contributed by atoms with Gasteiger partial charge in [-0.25, -0.2) is 9.97 Å². The smallest absolute Gasteiger partial charge is 0.187 e. The monoisotopic (exact) mass is 289 g/mol. The molecule has 6 heteroatoms. The van der Waals surface area contributed by atoms with Gasteiger partial charge in [0.25, 0.3) is 0 Å². The van der Waals surface area contributed by atoms with E-state index in [1.54, 1.807) is 14.2 Å². The Morgan fingerprint density at radius 3 is 2.76 bits per heavy atom. The van der Waals surface area contributed by atoms with Crippen LogP contribution in [0.1, 0.15) is 13.3 Å². The first-order valence-corrected chi connectivity index (χ1v) is 6.88. The minimum absolute atomic E-state index is 0.103. The Morgan fingerprint density at radius 1 is 1.24 bits per heavy atom. The van der Waals surface area contributed by atoms with Crippen molar-refractivity contribution in [3.05, 3.63) is 18.5 Å². The average molecular weight is 289 g/mol. The first-order valence-electron chi connectivity index (χ1n) is 6.88. The molecule has 1 N–H and O–H groups in total. The van der Waals surface area contributed by atoms with Crippen molar-refractivity contribution in [1.82, 2.24) is 9.97 Å². The fourth-order valence-electron chi connectivity index (χ4n) is 2.59. The zero-order valence-corrected chi connectivity index (χ0v) is 12.5. The zero-order chi connectivity index (χ0) is 14.9. The Morgan fingerprint density at radius 2 is 2.10 bits per heavy atom. The molecule has 6 nitrogen and oxygen atoms in total. The van der Waals surface area contributed by atoms with Crippen molar-refractivity contribution >= 4 is 16.7 Å². The van der Waals surface area contributed by atoms with Gasteiger partial charge in [-0.05, 0) is 25.5 Å². The van der Waals surface area contributed by atoms with E-state index in [0.29, 0.717) is 18.1 Å². The Kier molecular flexibility index (Phi) is 3.55. The molecule has 2 aromatic rings. The molecule has 112 valence electrons. The maximum absolute atomic E-state index is 5.48. The summed E-state index contributed by atoms with van der Waals surface area (Å²) >= 11 is 0. The number of aromatic nitrogens is 2. The van der Waals surface area contributed by atoms with Gasteiger partial charge >= 0.3 is 0 Å². The molecule has 3 rings (SSSR count). The normalized spacial score (nSPS) is 21.5. The third-order valence-electron chi connectivity index (χ3n) is 3.79. The largest absolute Gasteiger partial charge is 0.493 e. The first kappa shape index (κ1) is 13.9. The molecule has 1 fully saturated rings. The zero-order valence-electron chi connectivity index (χ0n) is 12.5. The lowest BCUT2D eigenvalue weighted by atomic mass is 10.0. The first-order chi connectivity index (χ1) is 10.2. The molecule has 0 radical (unpaired) electrons. The quantitative estimate of drug-likeness (QED) is 0.931. The van der Waals surface area contributed by atoms with Crippen LogP contribution in [0.3, 0.4) is 0 Å². The summed E-state index contributed by atoms with van der Waals surface area (Å²) in [5.41, 5.74) is 0.630. The molecule has 1 aliphatic rings. The van der Waals surface area contributed by atoms with Crippen LogP contribution in [-0.2, 0) is 4.74 Å². The van der Waals surface area contributed by atoms with E-state index in [1.165, 1.54) is 6.33 Å². The van der Waals surface area contributed by atoms with Crippen LogP contribution in [0.15, 0.2) is 18.5 Å². The van der Waals surface area contributed by atoms with E-state index in [0.717, 1.165) is 29.7 Å². The molecule has 1 aromatic heterocycles. The molecular formula is C15H19N3O3. The molecule has 1 aromatic carbocycles. The Balaban J connectivity index is 2.08. The molecule has 0 saturated carbocycles. The minimum Gasteiger partial charge on any atom is -0.493 e. The highest BCUT2D eigenvalue weighted by Crippen LogP contribution is 2.37. The second-order valence-corrected chi connectivity index (χ2v) is 5.41. The Bertz CT molecular complexity index is 654. The van der Waals surface area contributed by atoms with E-state index in [4.69, 9.17) is 14.2 Å². The standard InChI is InChI=1S/C15H19N3O3/c1-15(6-7-21-8-15)18-14-10-4-5-11(19-2)13(20-3)12(10)16-9-17-14/h4-5,9H,6-8H2,1-3H3,(H,16,17,18). The SMILES string of the molecule is COc1ccc2c(NC3(C)CCOC3)ncnc2c1OC. The van der Waals surface area contributed by atoms with E-state index >= 15 is 0 Å². The van der Waals surface area contributed by atoms with Crippen molar-refractivity contribution in [3.63, 3.8) is 0 Å². The van der Waals surface area contributed by atoms with Gasteiger partial charge in [-0.15, -0.1) is 0 Å². The lowest BCUT2D eigenvalue weighted by Gasteiger charge is -2.25. The fraction of sp³-hybridized carbons (Fsp3) is 0.467. The van der Waals surface area contributed by atoms with Crippen molar-refractivity contribution in [3.8, 4) is 11.5 Å². The van der Waals surface area contributed by atoms with Gasteiger partial charge in [0.2, 0.25) is 0 Å². The van der Waals surface area contributed by atoms with Gasteiger partial charge < -0.3 is 19.5 Å². The van der Waals surface area contributed by atoms with Crippen molar-refractivity contribution < 1.29 is 14.2 Å². The number of methoxy groups -OCH3 is 2. The number of ether oxygens (including phenoxy) is 3. The molecule has 1 unspecified atom stereocenters. The van der Waals surface area contributed by atoms with Crippen LogP contribution in [0, 0.1) is 0 Å². The second-order valence-electron chi connectivity index (χ2n) is 5.41.